The summed E-state index contributed by atoms with van der Waals surface area (Å²) in [5.74, 6) is -1.15. The summed E-state index contributed by atoms with van der Waals surface area (Å²) >= 11 is 6.06. The zero-order chi connectivity index (χ0) is 20.3. The Morgan fingerprint density at radius 1 is 1.18 bits per heavy atom. The van der Waals surface area contributed by atoms with Crippen molar-refractivity contribution < 1.29 is 23.9 Å². The van der Waals surface area contributed by atoms with E-state index in [2.05, 4.69) is 0 Å². The molecule has 3 rings (SSSR count). The summed E-state index contributed by atoms with van der Waals surface area (Å²) in [7, 11) is 1.37. The number of carbonyl (C=O) groups is 3. The normalized spacial score (nSPS) is 12.5. The number of fused-ring (bicyclic) bond motifs is 1. The molecule has 142 valence electrons. The van der Waals surface area contributed by atoms with Gasteiger partial charge in [-0.1, -0.05) is 23.7 Å². The van der Waals surface area contributed by atoms with Crippen LogP contribution >= 0.6 is 11.6 Å². The van der Waals surface area contributed by atoms with Gasteiger partial charge in [0.05, 0.1) is 34.9 Å². The number of rotatable bonds is 6. The van der Waals surface area contributed by atoms with Crippen LogP contribution in [0.3, 0.4) is 0 Å². The summed E-state index contributed by atoms with van der Waals surface area (Å²) in [6.45, 7) is 0.0969. The quantitative estimate of drug-likeness (QED) is 0.421. The number of nitriles is 1. The van der Waals surface area contributed by atoms with Crippen LogP contribution in [0.5, 0.6) is 11.5 Å². The number of methoxy groups -OCH3 is 1. The van der Waals surface area contributed by atoms with E-state index < -0.39 is 5.97 Å². The van der Waals surface area contributed by atoms with E-state index in [1.54, 1.807) is 24.3 Å². The van der Waals surface area contributed by atoms with Crippen LogP contribution < -0.4 is 9.47 Å². The Kier molecular flexibility index (Phi) is 5.62. The molecule has 0 N–H and O–H groups in total. The highest BCUT2D eigenvalue weighted by atomic mass is 35.5. The fourth-order valence-corrected chi connectivity index (χ4v) is 3.12. The number of halogens is 1. The third-order valence-electron chi connectivity index (χ3n) is 4.22. The standard InChI is InChI=1S/C20H15ClN2O5/c1-27-16-10-12(11-22)9-15(21)18(16)28-17(24)7-4-8-23-19(25)13-5-2-3-6-14(13)20(23)26/h2-3,5-6,9-10H,4,7-8H2,1H3. The smallest absolute Gasteiger partial charge is 0.311 e. The van der Waals surface area contributed by atoms with Gasteiger partial charge < -0.3 is 9.47 Å². The molecule has 0 aliphatic carbocycles. The van der Waals surface area contributed by atoms with Crippen LogP contribution in [0, 0.1) is 11.3 Å². The van der Waals surface area contributed by atoms with Crippen molar-refractivity contribution in [1.29, 1.82) is 5.26 Å². The minimum atomic E-state index is -0.596. The Labute approximate surface area is 166 Å². The molecular formula is C20H15ClN2O5. The second kappa shape index (κ2) is 8.11. The van der Waals surface area contributed by atoms with E-state index in [9.17, 15) is 14.4 Å². The first-order valence-corrected chi connectivity index (χ1v) is 8.77. The number of ether oxygens (including phenoxy) is 2. The lowest BCUT2D eigenvalue weighted by Crippen LogP contribution is -2.31. The SMILES string of the molecule is COc1cc(C#N)cc(Cl)c1OC(=O)CCCN1C(=O)c2ccccc2C1=O. The number of hydrogen-bond acceptors (Lipinski definition) is 6. The lowest BCUT2D eigenvalue weighted by atomic mass is 10.1. The third kappa shape index (κ3) is 3.68. The lowest BCUT2D eigenvalue weighted by molar-refractivity contribution is -0.134. The maximum absolute atomic E-state index is 12.3. The molecule has 0 fully saturated rings. The molecule has 0 atom stereocenters. The average molecular weight is 399 g/mol. The monoisotopic (exact) mass is 398 g/mol. The molecule has 28 heavy (non-hydrogen) atoms. The Hall–Kier alpha value is -3.37. The van der Waals surface area contributed by atoms with E-state index in [1.165, 1.54) is 19.2 Å². The van der Waals surface area contributed by atoms with Crippen molar-refractivity contribution in [1.82, 2.24) is 4.90 Å². The van der Waals surface area contributed by atoms with Crippen molar-refractivity contribution in [2.45, 2.75) is 12.8 Å². The minimum Gasteiger partial charge on any atom is -0.493 e. The van der Waals surface area contributed by atoms with E-state index in [0.29, 0.717) is 11.1 Å². The molecule has 0 unspecified atom stereocenters. The van der Waals surface area contributed by atoms with Gasteiger partial charge in [-0.3, -0.25) is 19.3 Å². The van der Waals surface area contributed by atoms with Crippen LogP contribution in [0.15, 0.2) is 36.4 Å². The predicted octanol–water partition coefficient (Wildman–Crippen LogP) is 3.20. The van der Waals surface area contributed by atoms with E-state index in [4.69, 9.17) is 26.3 Å². The summed E-state index contributed by atoms with van der Waals surface area (Å²) in [6, 6.07) is 11.3. The molecule has 0 aromatic heterocycles. The van der Waals surface area contributed by atoms with Gasteiger partial charge in [0.1, 0.15) is 0 Å². The van der Waals surface area contributed by atoms with Crippen molar-refractivity contribution >= 4 is 29.4 Å². The van der Waals surface area contributed by atoms with Gasteiger partial charge in [-0.2, -0.15) is 5.26 Å². The Bertz CT molecular complexity index is 977. The maximum Gasteiger partial charge on any atom is 0.311 e. The topological polar surface area (TPSA) is 96.7 Å². The van der Waals surface area contributed by atoms with Crippen LogP contribution in [-0.2, 0) is 4.79 Å². The van der Waals surface area contributed by atoms with Gasteiger partial charge in [0, 0.05) is 19.0 Å². The van der Waals surface area contributed by atoms with Crippen molar-refractivity contribution in [2.75, 3.05) is 13.7 Å². The number of hydrogen-bond donors (Lipinski definition) is 0. The van der Waals surface area contributed by atoms with Crippen LogP contribution in [0.25, 0.3) is 0 Å². The highest BCUT2D eigenvalue weighted by Gasteiger charge is 2.34. The molecule has 2 aromatic rings. The molecule has 1 aliphatic rings. The van der Waals surface area contributed by atoms with Gasteiger partial charge in [-0.15, -0.1) is 0 Å². The van der Waals surface area contributed by atoms with Crippen molar-refractivity contribution in [3.05, 3.63) is 58.1 Å². The first-order chi connectivity index (χ1) is 13.5. The summed E-state index contributed by atoms with van der Waals surface area (Å²) in [4.78, 5) is 37.9. The molecule has 0 saturated heterocycles. The highest BCUT2D eigenvalue weighted by Crippen LogP contribution is 2.36. The van der Waals surface area contributed by atoms with Crippen LogP contribution in [0.1, 0.15) is 39.1 Å². The van der Waals surface area contributed by atoms with Crippen molar-refractivity contribution in [3.63, 3.8) is 0 Å². The molecule has 1 heterocycles. The molecule has 8 heteroatoms. The van der Waals surface area contributed by atoms with Crippen LogP contribution in [0.4, 0.5) is 0 Å². The van der Waals surface area contributed by atoms with Gasteiger partial charge >= 0.3 is 5.97 Å². The van der Waals surface area contributed by atoms with E-state index in [0.717, 1.165) is 4.90 Å². The number of benzene rings is 2. The molecule has 2 aromatic carbocycles. The minimum absolute atomic E-state index is 0.0221. The second-order valence-electron chi connectivity index (χ2n) is 5.99. The molecule has 0 bridgehead atoms. The fraction of sp³-hybridized carbons (Fsp3) is 0.200. The average Bonchev–Trinajstić information content (AvgIpc) is 2.94. The molecule has 1 aliphatic heterocycles. The summed E-state index contributed by atoms with van der Waals surface area (Å²) < 4.78 is 10.4. The zero-order valence-electron chi connectivity index (χ0n) is 14.9. The highest BCUT2D eigenvalue weighted by molar-refractivity contribution is 6.32. The fourth-order valence-electron chi connectivity index (χ4n) is 2.87. The first-order valence-electron chi connectivity index (χ1n) is 8.39. The van der Waals surface area contributed by atoms with E-state index >= 15 is 0 Å². The van der Waals surface area contributed by atoms with Crippen molar-refractivity contribution in [3.8, 4) is 17.6 Å². The van der Waals surface area contributed by atoms with E-state index in [1.807, 2.05) is 6.07 Å². The zero-order valence-corrected chi connectivity index (χ0v) is 15.7. The molecule has 7 nitrogen and oxygen atoms in total. The lowest BCUT2D eigenvalue weighted by Gasteiger charge is -2.14. The first kappa shape index (κ1) is 19.4. The van der Waals surface area contributed by atoms with Gasteiger partial charge in [-0.05, 0) is 24.6 Å². The second-order valence-corrected chi connectivity index (χ2v) is 6.39. The summed E-state index contributed by atoms with van der Waals surface area (Å²) in [5, 5.41) is 9.02. The van der Waals surface area contributed by atoms with Gasteiger partial charge in [0.15, 0.2) is 11.5 Å². The largest absolute Gasteiger partial charge is 0.493 e. The number of amides is 2. The predicted molar refractivity (Wildman–Crippen MR) is 99.4 cm³/mol. The molecular weight excluding hydrogens is 384 g/mol. The number of nitrogens with zero attached hydrogens (tertiary/aromatic N) is 2. The third-order valence-corrected chi connectivity index (χ3v) is 4.50. The molecule has 0 radical (unpaired) electrons. The van der Waals surface area contributed by atoms with Crippen molar-refractivity contribution in [2.24, 2.45) is 0 Å². The molecule has 2 amide bonds. The maximum atomic E-state index is 12.3. The van der Waals surface area contributed by atoms with Gasteiger partial charge in [0.25, 0.3) is 11.8 Å². The van der Waals surface area contributed by atoms with Gasteiger partial charge in [0.2, 0.25) is 0 Å². The number of esters is 1. The molecule has 0 spiro atoms. The Morgan fingerprint density at radius 3 is 2.39 bits per heavy atom. The van der Waals surface area contributed by atoms with Crippen LogP contribution in [-0.4, -0.2) is 36.3 Å². The number of imide groups is 1. The van der Waals surface area contributed by atoms with E-state index in [-0.39, 0.29) is 53.3 Å². The molecule has 0 saturated carbocycles. The van der Waals surface area contributed by atoms with Gasteiger partial charge in [-0.25, -0.2) is 0 Å². The van der Waals surface area contributed by atoms with Crippen LogP contribution in [0.2, 0.25) is 5.02 Å². The number of carbonyl (C=O) groups excluding carboxylic acids is 3. The summed E-state index contributed by atoms with van der Waals surface area (Å²) in [6.07, 6.45) is 0.202. The Morgan fingerprint density at radius 2 is 1.82 bits per heavy atom. The Balaban J connectivity index is 1.60. The summed E-state index contributed by atoms with van der Waals surface area (Å²) in [5.41, 5.74) is 1.00.